The summed E-state index contributed by atoms with van der Waals surface area (Å²) in [4.78, 5) is 27.5. The number of hydrogen-bond acceptors (Lipinski definition) is 7. The fourth-order valence-corrected chi connectivity index (χ4v) is 4.42. The molecule has 168 valence electrons. The van der Waals surface area contributed by atoms with Crippen molar-refractivity contribution >= 4 is 51.2 Å². The fraction of sp³-hybridized carbons (Fsp3) is 0.381. The number of carbonyl (C=O) groups is 2. The minimum absolute atomic E-state index is 0.140. The maximum Gasteiger partial charge on any atom is 0.341 e. The van der Waals surface area contributed by atoms with Crippen molar-refractivity contribution in [1.82, 2.24) is 4.90 Å². The first-order valence-electron chi connectivity index (χ1n) is 9.62. The molecular formula is C21H27N3O5S2. The maximum atomic E-state index is 12.9. The Hall–Kier alpha value is -2.85. The van der Waals surface area contributed by atoms with Gasteiger partial charge in [0.2, 0.25) is 0 Å². The van der Waals surface area contributed by atoms with E-state index in [1.807, 2.05) is 13.8 Å². The molecule has 0 saturated heterocycles. The van der Waals surface area contributed by atoms with Crippen LogP contribution in [0.3, 0.4) is 0 Å². The van der Waals surface area contributed by atoms with Crippen LogP contribution in [0.4, 0.5) is 10.7 Å². The minimum Gasteiger partial charge on any atom is -0.497 e. The molecule has 0 radical (unpaired) electrons. The molecule has 0 aliphatic carbocycles. The lowest BCUT2D eigenvalue weighted by Gasteiger charge is -2.18. The molecule has 0 aliphatic heterocycles. The van der Waals surface area contributed by atoms with Crippen LogP contribution in [0.5, 0.6) is 11.5 Å². The summed E-state index contributed by atoms with van der Waals surface area (Å²) >= 11 is 6.61. The summed E-state index contributed by atoms with van der Waals surface area (Å²) in [6.07, 6.45) is 0. The van der Waals surface area contributed by atoms with Crippen LogP contribution in [0, 0.1) is 6.92 Å². The molecule has 0 unspecified atom stereocenters. The molecule has 1 aromatic heterocycles. The third-order valence-corrected chi connectivity index (χ3v) is 6.06. The number of rotatable bonds is 8. The summed E-state index contributed by atoms with van der Waals surface area (Å²) in [6, 6.07) is 5.26. The third kappa shape index (κ3) is 5.45. The van der Waals surface area contributed by atoms with E-state index in [0.717, 1.165) is 0 Å². The molecular weight excluding hydrogens is 438 g/mol. The summed E-state index contributed by atoms with van der Waals surface area (Å²) in [7, 11) is 4.41. The van der Waals surface area contributed by atoms with E-state index >= 15 is 0 Å². The van der Waals surface area contributed by atoms with Gasteiger partial charge in [0.25, 0.3) is 5.91 Å². The van der Waals surface area contributed by atoms with Crippen molar-refractivity contribution in [3.8, 4) is 11.5 Å². The van der Waals surface area contributed by atoms with Crippen molar-refractivity contribution in [2.45, 2.75) is 20.8 Å². The highest BCUT2D eigenvalue weighted by Crippen LogP contribution is 2.35. The third-order valence-electron chi connectivity index (χ3n) is 4.66. The number of methoxy groups -OCH3 is 3. The van der Waals surface area contributed by atoms with E-state index in [2.05, 4.69) is 10.6 Å². The van der Waals surface area contributed by atoms with E-state index in [1.54, 1.807) is 44.2 Å². The Balaban J connectivity index is 2.37. The number of amides is 1. The van der Waals surface area contributed by atoms with Gasteiger partial charge in [0.1, 0.15) is 16.5 Å². The minimum atomic E-state index is -0.545. The van der Waals surface area contributed by atoms with Crippen LogP contribution in [0.1, 0.15) is 39.4 Å². The van der Waals surface area contributed by atoms with Gasteiger partial charge in [-0.2, -0.15) is 0 Å². The van der Waals surface area contributed by atoms with Crippen LogP contribution in [0.15, 0.2) is 18.2 Å². The quantitative estimate of drug-likeness (QED) is 0.444. The Morgan fingerprint density at radius 3 is 2.32 bits per heavy atom. The van der Waals surface area contributed by atoms with Gasteiger partial charge in [0.15, 0.2) is 5.11 Å². The molecule has 0 fully saturated rings. The molecule has 2 rings (SSSR count). The second-order valence-electron chi connectivity index (χ2n) is 6.37. The van der Waals surface area contributed by atoms with E-state index in [1.165, 1.54) is 18.4 Å². The van der Waals surface area contributed by atoms with Gasteiger partial charge in [-0.25, -0.2) is 4.79 Å². The standard InChI is InChI=1S/C21H27N3O5S2/c1-7-24(8-2)19(25)17-12(3)16(20(26)29-6)18(31-17)23-21(30)22-14-11-13(27-4)9-10-15(14)28-5/h9-11H,7-8H2,1-6H3,(H2,22,23,30). The van der Waals surface area contributed by atoms with Crippen molar-refractivity contribution in [2.24, 2.45) is 0 Å². The largest absolute Gasteiger partial charge is 0.497 e. The predicted molar refractivity (Wildman–Crippen MR) is 127 cm³/mol. The van der Waals surface area contributed by atoms with Gasteiger partial charge in [0, 0.05) is 19.2 Å². The molecule has 0 aliphatic rings. The molecule has 2 N–H and O–H groups in total. The molecule has 1 aromatic carbocycles. The van der Waals surface area contributed by atoms with Gasteiger partial charge in [-0.15, -0.1) is 11.3 Å². The van der Waals surface area contributed by atoms with Crippen molar-refractivity contribution in [3.63, 3.8) is 0 Å². The van der Waals surface area contributed by atoms with Crippen LogP contribution in [-0.2, 0) is 4.74 Å². The Labute approximate surface area is 191 Å². The van der Waals surface area contributed by atoms with Crippen LogP contribution in [-0.4, -0.2) is 56.3 Å². The number of esters is 1. The zero-order valence-electron chi connectivity index (χ0n) is 18.5. The van der Waals surface area contributed by atoms with E-state index in [9.17, 15) is 9.59 Å². The van der Waals surface area contributed by atoms with E-state index in [4.69, 9.17) is 26.4 Å². The molecule has 1 amide bonds. The summed E-state index contributed by atoms with van der Waals surface area (Å²) in [5.74, 6) is 0.508. The first-order chi connectivity index (χ1) is 14.8. The van der Waals surface area contributed by atoms with Crippen LogP contribution < -0.4 is 20.1 Å². The molecule has 31 heavy (non-hydrogen) atoms. The number of benzene rings is 1. The zero-order valence-corrected chi connectivity index (χ0v) is 20.1. The monoisotopic (exact) mass is 465 g/mol. The van der Waals surface area contributed by atoms with Crippen molar-refractivity contribution in [2.75, 3.05) is 45.1 Å². The number of nitrogens with one attached hydrogen (secondary N) is 2. The fourth-order valence-electron chi connectivity index (χ4n) is 2.98. The van der Waals surface area contributed by atoms with E-state index in [-0.39, 0.29) is 16.6 Å². The SMILES string of the molecule is CCN(CC)C(=O)c1sc(NC(=S)Nc2cc(OC)ccc2OC)c(C(=O)OC)c1C. The Morgan fingerprint density at radius 1 is 1.10 bits per heavy atom. The molecule has 0 bridgehead atoms. The highest BCUT2D eigenvalue weighted by atomic mass is 32.1. The normalized spacial score (nSPS) is 10.3. The molecule has 0 spiro atoms. The summed E-state index contributed by atoms with van der Waals surface area (Å²) in [5.41, 5.74) is 1.43. The van der Waals surface area contributed by atoms with Crippen molar-refractivity contribution in [3.05, 3.63) is 34.2 Å². The molecule has 2 aromatic rings. The highest BCUT2D eigenvalue weighted by Gasteiger charge is 2.27. The highest BCUT2D eigenvalue weighted by molar-refractivity contribution is 7.80. The Morgan fingerprint density at radius 2 is 1.77 bits per heavy atom. The number of hydrogen-bond donors (Lipinski definition) is 2. The number of thiophene rings is 1. The summed E-state index contributed by atoms with van der Waals surface area (Å²) in [6.45, 7) is 6.68. The van der Waals surface area contributed by atoms with E-state index in [0.29, 0.717) is 45.7 Å². The molecule has 8 nitrogen and oxygen atoms in total. The van der Waals surface area contributed by atoms with Gasteiger partial charge in [0.05, 0.1) is 37.5 Å². The van der Waals surface area contributed by atoms with Crippen molar-refractivity contribution < 1.29 is 23.8 Å². The number of thiocarbonyl (C=S) groups is 1. The summed E-state index contributed by atoms with van der Waals surface area (Å²) < 4.78 is 15.5. The number of ether oxygens (including phenoxy) is 3. The second-order valence-corrected chi connectivity index (χ2v) is 7.80. The van der Waals surface area contributed by atoms with Gasteiger partial charge in [-0.1, -0.05) is 0 Å². The van der Waals surface area contributed by atoms with Gasteiger partial charge in [-0.3, -0.25) is 4.79 Å². The van der Waals surface area contributed by atoms with Gasteiger partial charge < -0.3 is 29.7 Å². The zero-order chi connectivity index (χ0) is 23.1. The van der Waals surface area contributed by atoms with E-state index < -0.39 is 5.97 Å². The number of anilines is 2. The summed E-state index contributed by atoms with van der Waals surface area (Å²) in [5, 5.41) is 6.72. The average molecular weight is 466 g/mol. The van der Waals surface area contributed by atoms with Crippen LogP contribution in [0.25, 0.3) is 0 Å². The van der Waals surface area contributed by atoms with Crippen LogP contribution >= 0.6 is 23.6 Å². The molecule has 0 saturated carbocycles. The Kier molecular flexibility index (Phi) is 8.64. The topological polar surface area (TPSA) is 89.1 Å². The number of carbonyl (C=O) groups excluding carboxylic acids is 2. The molecule has 0 atom stereocenters. The van der Waals surface area contributed by atoms with Gasteiger partial charge >= 0.3 is 5.97 Å². The van der Waals surface area contributed by atoms with Gasteiger partial charge in [-0.05, 0) is 50.7 Å². The maximum absolute atomic E-state index is 12.9. The smallest absolute Gasteiger partial charge is 0.341 e. The van der Waals surface area contributed by atoms with Crippen molar-refractivity contribution in [1.29, 1.82) is 0 Å². The second kappa shape index (κ2) is 11.0. The lowest BCUT2D eigenvalue weighted by molar-refractivity contribution is 0.0601. The predicted octanol–water partition coefficient (Wildman–Crippen LogP) is 4.15. The molecule has 10 heteroatoms. The first kappa shape index (κ1) is 24.4. The average Bonchev–Trinajstić information content (AvgIpc) is 3.09. The van der Waals surface area contributed by atoms with Crippen LogP contribution in [0.2, 0.25) is 0 Å². The first-order valence-corrected chi connectivity index (χ1v) is 10.8. The lowest BCUT2D eigenvalue weighted by Crippen LogP contribution is -2.30. The number of nitrogens with zero attached hydrogens (tertiary/aromatic N) is 1. The Bertz CT molecular complexity index is 970. The molecule has 1 heterocycles. The lowest BCUT2D eigenvalue weighted by atomic mass is 10.1.